The number of anilines is 1. The van der Waals surface area contributed by atoms with Gasteiger partial charge in [0.25, 0.3) is 0 Å². The van der Waals surface area contributed by atoms with E-state index < -0.39 is 0 Å². The van der Waals surface area contributed by atoms with Crippen molar-refractivity contribution in [2.75, 3.05) is 19.2 Å². The Bertz CT molecular complexity index is 220. The lowest BCUT2D eigenvalue weighted by molar-refractivity contribution is -0.0112. The lowest BCUT2D eigenvalue weighted by atomic mass is 10.2. The molecule has 2 N–H and O–H groups in total. The van der Waals surface area contributed by atoms with Crippen molar-refractivity contribution in [2.24, 2.45) is 0 Å². The first kappa shape index (κ1) is 9.03. The predicted molar refractivity (Wildman–Crippen MR) is 47.9 cm³/mol. The molecule has 0 radical (unpaired) electrons. The quantitative estimate of drug-likeness (QED) is 0.662. The van der Waals surface area contributed by atoms with E-state index in [-0.39, 0.29) is 6.79 Å². The normalized spacial score (nSPS) is 9.83. The summed E-state index contributed by atoms with van der Waals surface area (Å²) in [6.07, 6.45) is 0. The minimum atomic E-state index is -0.228. The average Bonchev–Trinajstić information content (AvgIpc) is 2.15. The molecule has 66 valence electrons. The summed E-state index contributed by atoms with van der Waals surface area (Å²) in [4.78, 5) is 0. The van der Waals surface area contributed by atoms with Crippen LogP contribution in [0, 0.1) is 0 Å². The Kier molecular flexibility index (Phi) is 3.57. The lowest BCUT2D eigenvalue weighted by Crippen LogP contribution is -1.94. The average molecular weight is 167 g/mol. The second-order valence-electron chi connectivity index (χ2n) is 2.42. The van der Waals surface area contributed by atoms with Crippen LogP contribution in [0.25, 0.3) is 0 Å². The highest BCUT2D eigenvalue weighted by Gasteiger charge is 1.91. The van der Waals surface area contributed by atoms with Crippen LogP contribution in [-0.2, 0) is 11.3 Å². The van der Waals surface area contributed by atoms with E-state index in [1.807, 2.05) is 31.3 Å². The Labute approximate surface area is 72.0 Å². The molecule has 0 heterocycles. The van der Waals surface area contributed by atoms with Crippen LogP contribution in [0.1, 0.15) is 5.56 Å². The number of nitrogens with one attached hydrogen (secondary N) is 1. The molecule has 0 aliphatic carbocycles. The number of aliphatic hydroxyl groups excluding tert-OH is 1. The van der Waals surface area contributed by atoms with Crippen LogP contribution in [0.15, 0.2) is 24.3 Å². The third-order valence-electron chi connectivity index (χ3n) is 1.60. The topological polar surface area (TPSA) is 41.5 Å². The van der Waals surface area contributed by atoms with Gasteiger partial charge in [-0.1, -0.05) is 12.1 Å². The Morgan fingerprint density at radius 3 is 2.50 bits per heavy atom. The molecule has 0 bridgehead atoms. The second kappa shape index (κ2) is 4.74. The van der Waals surface area contributed by atoms with E-state index in [0.717, 1.165) is 11.3 Å². The van der Waals surface area contributed by atoms with Crippen molar-refractivity contribution < 1.29 is 9.84 Å². The lowest BCUT2D eigenvalue weighted by Gasteiger charge is -2.02. The van der Waals surface area contributed by atoms with Gasteiger partial charge in [0, 0.05) is 12.7 Å². The Balaban J connectivity index is 2.53. The van der Waals surface area contributed by atoms with Gasteiger partial charge in [0.1, 0.15) is 6.79 Å². The van der Waals surface area contributed by atoms with Gasteiger partial charge in [0.05, 0.1) is 6.61 Å². The van der Waals surface area contributed by atoms with E-state index in [1.165, 1.54) is 0 Å². The predicted octanol–water partition coefficient (Wildman–Crippen LogP) is 1.19. The molecule has 0 aliphatic heterocycles. The summed E-state index contributed by atoms with van der Waals surface area (Å²) in [5, 5.41) is 11.4. The molecular weight excluding hydrogens is 154 g/mol. The monoisotopic (exact) mass is 167 g/mol. The van der Waals surface area contributed by atoms with Crippen LogP contribution < -0.4 is 5.32 Å². The highest BCUT2D eigenvalue weighted by Crippen LogP contribution is 2.08. The number of hydrogen-bond donors (Lipinski definition) is 2. The van der Waals surface area contributed by atoms with Gasteiger partial charge < -0.3 is 15.2 Å². The fourth-order valence-corrected chi connectivity index (χ4v) is 0.931. The van der Waals surface area contributed by atoms with Crippen molar-refractivity contribution in [3.05, 3.63) is 29.8 Å². The molecule has 1 aromatic rings. The first-order valence-corrected chi connectivity index (χ1v) is 3.82. The third-order valence-corrected chi connectivity index (χ3v) is 1.60. The van der Waals surface area contributed by atoms with Crippen LogP contribution in [-0.4, -0.2) is 18.9 Å². The zero-order valence-electron chi connectivity index (χ0n) is 7.08. The van der Waals surface area contributed by atoms with Crippen molar-refractivity contribution >= 4 is 5.69 Å². The van der Waals surface area contributed by atoms with Gasteiger partial charge in [0.2, 0.25) is 0 Å². The van der Waals surface area contributed by atoms with Crippen molar-refractivity contribution in [1.82, 2.24) is 0 Å². The van der Waals surface area contributed by atoms with Crippen molar-refractivity contribution in [2.45, 2.75) is 6.61 Å². The number of aliphatic hydroxyl groups is 1. The van der Waals surface area contributed by atoms with E-state index >= 15 is 0 Å². The smallest absolute Gasteiger partial charge is 0.144 e. The van der Waals surface area contributed by atoms with E-state index in [1.54, 1.807) is 0 Å². The molecule has 1 aromatic carbocycles. The fourth-order valence-electron chi connectivity index (χ4n) is 0.931. The summed E-state index contributed by atoms with van der Waals surface area (Å²) < 4.78 is 4.83. The molecular formula is C9H13NO2. The number of benzene rings is 1. The Hall–Kier alpha value is -1.06. The molecule has 0 amide bonds. The molecule has 3 nitrogen and oxygen atoms in total. The van der Waals surface area contributed by atoms with Crippen molar-refractivity contribution in [3.63, 3.8) is 0 Å². The van der Waals surface area contributed by atoms with Gasteiger partial charge in [-0.3, -0.25) is 0 Å². The molecule has 0 aromatic heterocycles. The molecule has 0 saturated heterocycles. The van der Waals surface area contributed by atoms with Gasteiger partial charge in [-0.25, -0.2) is 0 Å². The largest absolute Gasteiger partial charge is 0.388 e. The Morgan fingerprint density at radius 1 is 1.33 bits per heavy atom. The number of hydrogen-bond acceptors (Lipinski definition) is 3. The van der Waals surface area contributed by atoms with Gasteiger partial charge in [0.15, 0.2) is 0 Å². The summed E-state index contributed by atoms with van der Waals surface area (Å²) in [6, 6.07) is 7.86. The summed E-state index contributed by atoms with van der Waals surface area (Å²) in [7, 11) is 1.87. The Morgan fingerprint density at radius 2 is 2.00 bits per heavy atom. The van der Waals surface area contributed by atoms with Gasteiger partial charge in [-0.05, 0) is 17.7 Å². The van der Waals surface area contributed by atoms with E-state index in [2.05, 4.69) is 5.32 Å². The first-order chi connectivity index (χ1) is 5.86. The minimum Gasteiger partial charge on any atom is -0.388 e. The zero-order valence-corrected chi connectivity index (χ0v) is 7.08. The molecule has 0 aliphatic rings. The fraction of sp³-hybridized carbons (Fsp3) is 0.333. The van der Waals surface area contributed by atoms with Crippen molar-refractivity contribution in [1.29, 1.82) is 0 Å². The molecule has 0 unspecified atom stereocenters. The molecule has 1 rings (SSSR count). The SMILES string of the molecule is CNc1ccc(COCO)cc1. The van der Waals surface area contributed by atoms with Crippen LogP contribution in [0.4, 0.5) is 5.69 Å². The highest BCUT2D eigenvalue weighted by atomic mass is 16.6. The molecule has 0 spiro atoms. The maximum Gasteiger partial charge on any atom is 0.144 e. The van der Waals surface area contributed by atoms with Gasteiger partial charge >= 0.3 is 0 Å². The van der Waals surface area contributed by atoms with Gasteiger partial charge in [-0.15, -0.1) is 0 Å². The zero-order chi connectivity index (χ0) is 8.81. The molecule has 12 heavy (non-hydrogen) atoms. The highest BCUT2D eigenvalue weighted by molar-refractivity contribution is 5.43. The van der Waals surface area contributed by atoms with Crippen LogP contribution in [0.3, 0.4) is 0 Å². The second-order valence-corrected chi connectivity index (χ2v) is 2.42. The maximum atomic E-state index is 8.39. The van der Waals surface area contributed by atoms with Crippen LogP contribution >= 0.6 is 0 Å². The van der Waals surface area contributed by atoms with Gasteiger partial charge in [-0.2, -0.15) is 0 Å². The molecule has 0 atom stereocenters. The molecule has 0 saturated carbocycles. The molecule has 3 heteroatoms. The summed E-state index contributed by atoms with van der Waals surface area (Å²) in [6.45, 7) is 0.230. The number of ether oxygens (including phenoxy) is 1. The standard InChI is InChI=1S/C9H13NO2/c1-10-9-4-2-8(3-5-9)6-12-7-11/h2-5,10-11H,6-7H2,1H3. The van der Waals surface area contributed by atoms with E-state index in [4.69, 9.17) is 9.84 Å². The summed E-state index contributed by atoms with van der Waals surface area (Å²) >= 11 is 0. The minimum absolute atomic E-state index is 0.228. The molecule has 0 fully saturated rings. The maximum absolute atomic E-state index is 8.39. The van der Waals surface area contributed by atoms with Crippen molar-refractivity contribution in [3.8, 4) is 0 Å². The van der Waals surface area contributed by atoms with E-state index in [0.29, 0.717) is 6.61 Å². The summed E-state index contributed by atoms with van der Waals surface area (Å²) in [5.74, 6) is 0. The third kappa shape index (κ3) is 2.53. The summed E-state index contributed by atoms with van der Waals surface area (Å²) in [5.41, 5.74) is 2.13. The van der Waals surface area contributed by atoms with Crippen LogP contribution in [0.5, 0.6) is 0 Å². The number of rotatable bonds is 4. The van der Waals surface area contributed by atoms with E-state index in [9.17, 15) is 0 Å². The van der Waals surface area contributed by atoms with Crippen LogP contribution in [0.2, 0.25) is 0 Å². The first-order valence-electron chi connectivity index (χ1n) is 3.82.